The van der Waals surface area contributed by atoms with Crippen LogP contribution in [0.15, 0.2) is 29.7 Å². The van der Waals surface area contributed by atoms with Gasteiger partial charge in [0.2, 0.25) is 15.9 Å². The van der Waals surface area contributed by atoms with Crippen LogP contribution in [-0.4, -0.2) is 45.9 Å². The van der Waals surface area contributed by atoms with Gasteiger partial charge < -0.3 is 9.80 Å². The van der Waals surface area contributed by atoms with Gasteiger partial charge >= 0.3 is 0 Å². The summed E-state index contributed by atoms with van der Waals surface area (Å²) in [5.41, 5.74) is 0.471. The number of hydrogen-bond donors (Lipinski definition) is 1. The highest BCUT2D eigenvalue weighted by Gasteiger charge is 2.37. The molecule has 0 radical (unpaired) electrons. The third-order valence-electron chi connectivity index (χ3n) is 5.51. The Bertz CT molecular complexity index is 1160. The molecule has 0 aliphatic carbocycles. The van der Waals surface area contributed by atoms with E-state index in [1.165, 1.54) is 23.5 Å². The fourth-order valence-electron chi connectivity index (χ4n) is 4.00. The Hall–Kier alpha value is -1.85. The van der Waals surface area contributed by atoms with Crippen molar-refractivity contribution in [2.45, 2.75) is 38.8 Å². The molecular formula is C22H26ClF2N3O3S2. The lowest BCUT2D eigenvalue weighted by Crippen LogP contribution is -2.41. The minimum Gasteiger partial charge on any atom is -0.306 e. The zero-order valence-corrected chi connectivity index (χ0v) is 21.1. The van der Waals surface area contributed by atoms with E-state index in [4.69, 9.17) is 11.6 Å². The van der Waals surface area contributed by atoms with Gasteiger partial charge in [-0.3, -0.25) is 4.79 Å². The smallest absolute Gasteiger partial charge is 0.245 e. The number of nitrogens with one attached hydrogen (secondary N) is 1. The molecule has 1 fully saturated rings. The van der Waals surface area contributed by atoms with Gasteiger partial charge in [0, 0.05) is 17.5 Å². The summed E-state index contributed by atoms with van der Waals surface area (Å²) in [6, 6.07) is 4.53. The van der Waals surface area contributed by atoms with Gasteiger partial charge in [-0.2, -0.15) is 4.72 Å². The number of amides is 1. The van der Waals surface area contributed by atoms with Crippen molar-refractivity contribution < 1.29 is 22.0 Å². The minimum absolute atomic E-state index is 0.00662. The predicted molar refractivity (Wildman–Crippen MR) is 129 cm³/mol. The summed E-state index contributed by atoms with van der Waals surface area (Å²) in [4.78, 5) is 16.4. The summed E-state index contributed by atoms with van der Waals surface area (Å²) in [6.45, 7) is 3.53. The topological polar surface area (TPSA) is 69.7 Å². The Labute approximate surface area is 201 Å². The molecule has 1 N–H and O–H groups in total. The molecule has 0 spiro atoms. The number of halogens is 3. The summed E-state index contributed by atoms with van der Waals surface area (Å²) in [6.07, 6.45) is 0.744. The van der Waals surface area contributed by atoms with Gasteiger partial charge in [0.05, 0.1) is 9.74 Å². The second-order valence-electron chi connectivity index (χ2n) is 8.12. The van der Waals surface area contributed by atoms with Crippen molar-refractivity contribution >= 4 is 50.1 Å². The summed E-state index contributed by atoms with van der Waals surface area (Å²) < 4.78 is 57.8. The normalized spacial score (nSPS) is 18.4. The Morgan fingerprint density at radius 2 is 1.97 bits per heavy atom. The average molecular weight is 518 g/mol. The molecule has 0 saturated carbocycles. The van der Waals surface area contributed by atoms with E-state index in [0.29, 0.717) is 26.8 Å². The van der Waals surface area contributed by atoms with E-state index in [-0.39, 0.29) is 19.0 Å². The molecule has 180 valence electrons. The van der Waals surface area contributed by atoms with E-state index < -0.39 is 39.3 Å². The van der Waals surface area contributed by atoms with E-state index in [9.17, 15) is 22.0 Å². The number of benzene rings is 1. The summed E-state index contributed by atoms with van der Waals surface area (Å²) >= 11 is 7.13. The van der Waals surface area contributed by atoms with Gasteiger partial charge in [0.1, 0.15) is 23.4 Å². The lowest BCUT2D eigenvalue weighted by molar-refractivity contribution is -0.118. The van der Waals surface area contributed by atoms with Gasteiger partial charge in [0.25, 0.3) is 0 Å². The Morgan fingerprint density at radius 1 is 1.33 bits per heavy atom. The molecule has 33 heavy (non-hydrogen) atoms. The Morgan fingerprint density at radius 3 is 2.48 bits per heavy atom. The molecule has 2 aromatic rings. The highest BCUT2D eigenvalue weighted by Crippen LogP contribution is 2.33. The third-order valence-corrected chi connectivity index (χ3v) is 8.15. The first-order chi connectivity index (χ1) is 15.4. The molecule has 3 rings (SSSR count). The number of carbonyl (C=O) groups is 1. The van der Waals surface area contributed by atoms with Crippen LogP contribution in [0, 0.1) is 11.6 Å². The van der Waals surface area contributed by atoms with Crippen molar-refractivity contribution in [1.29, 1.82) is 0 Å². The van der Waals surface area contributed by atoms with Crippen molar-refractivity contribution in [2.24, 2.45) is 0 Å². The van der Waals surface area contributed by atoms with Gasteiger partial charge in [-0.15, -0.1) is 11.3 Å². The number of sulfonamides is 1. The first-order valence-corrected chi connectivity index (χ1v) is 13.1. The van der Waals surface area contributed by atoms with E-state index in [1.807, 2.05) is 25.9 Å². The van der Waals surface area contributed by atoms with Crippen LogP contribution in [0.5, 0.6) is 0 Å². The summed E-state index contributed by atoms with van der Waals surface area (Å²) in [5.74, 6) is -2.41. The van der Waals surface area contributed by atoms with E-state index >= 15 is 0 Å². The van der Waals surface area contributed by atoms with Crippen LogP contribution in [0.25, 0.3) is 5.57 Å². The van der Waals surface area contributed by atoms with Crippen LogP contribution >= 0.6 is 22.9 Å². The quantitative estimate of drug-likeness (QED) is 0.547. The number of nitrogens with zero attached hydrogens (tertiary/aromatic N) is 2. The molecule has 1 amide bonds. The molecule has 2 atom stereocenters. The Balaban J connectivity index is 1.80. The molecular weight excluding hydrogens is 492 g/mol. The molecule has 2 heterocycles. The summed E-state index contributed by atoms with van der Waals surface area (Å²) in [7, 11) is -0.339. The third kappa shape index (κ3) is 5.81. The van der Waals surface area contributed by atoms with Crippen molar-refractivity contribution in [1.82, 2.24) is 9.62 Å². The second kappa shape index (κ2) is 10.2. The van der Waals surface area contributed by atoms with Gasteiger partial charge in [0.15, 0.2) is 0 Å². The maximum absolute atomic E-state index is 14.9. The monoisotopic (exact) mass is 517 g/mol. The van der Waals surface area contributed by atoms with Crippen molar-refractivity contribution in [3.8, 4) is 0 Å². The largest absolute Gasteiger partial charge is 0.306 e. The molecule has 1 aliphatic heterocycles. The maximum atomic E-state index is 14.9. The molecule has 1 aromatic carbocycles. The first-order valence-electron chi connectivity index (χ1n) is 10.4. The van der Waals surface area contributed by atoms with Crippen molar-refractivity contribution in [3.63, 3.8) is 0 Å². The van der Waals surface area contributed by atoms with E-state index in [2.05, 4.69) is 4.72 Å². The highest BCUT2D eigenvalue weighted by atomic mass is 35.5. The number of thiophene rings is 1. The van der Waals surface area contributed by atoms with Crippen LogP contribution < -0.4 is 9.62 Å². The minimum atomic E-state index is -3.98. The van der Waals surface area contributed by atoms with Crippen molar-refractivity contribution in [3.05, 3.63) is 56.1 Å². The van der Waals surface area contributed by atoms with E-state index in [1.54, 1.807) is 19.1 Å². The van der Waals surface area contributed by atoms with Crippen LogP contribution in [0.4, 0.5) is 14.5 Å². The molecule has 11 heteroatoms. The number of allylic oxidation sites excluding steroid dienone is 1. The zero-order valence-electron chi connectivity index (χ0n) is 18.7. The van der Waals surface area contributed by atoms with Crippen LogP contribution in [0.1, 0.15) is 43.2 Å². The fraction of sp³-hybridized carbons (Fsp3) is 0.409. The average Bonchev–Trinajstić information content (AvgIpc) is 3.28. The number of carbonyl (C=O) groups excluding carboxylic acids is 1. The highest BCUT2D eigenvalue weighted by molar-refractivity contribution is 7.92. The number of rotatable bonds is 8. The summed E-state index contributed by atoms with van der Waals surface area (Å²) in [5, 5.41) is 1.02. The van der Waals surface area contributed by atoms with Gasteiger partial charge in [-0.25, -0.2) is 17.2 Å². The van der Waals surface area contributed by atoms with Crippen molar-refractivity contribution in [2.75, 3.05) is 25.5 Å². The maximum Gasteiger partial charge on any atom is 0.245 e. The van der Waals surface area contributed by atoms with Gasteiger partial charge in [-0.05, 0) is 69.3 Å². The molecule has 1 aromatic heterocycles. The fourth-order valence-corrected chi connectivity index (χ4v) is 6.36. The molecule has 2 unspecified atom stereocenters. The van der Waals surface area contributed by atoms with Gasteiger partial charge in [-0.1, -0.05) is 18.5 Å². The SMILES string of the molecule is CCC(c1cc(F)c(N2CCC(NS(=O)(=O)/C=C(\C)c3ccc(Cl)s3)C2=O)c(F)c1)N(C)C. The number of anilines is 1. The second-order valence-corrected chi connectivity index (χ2v) is 11.4. The van der Waals surface area contributed by atoms with Crippen LogP contribution in [0.2, 0.25) is 4.34 Å². The molecule has 1 aliphatic rings. The first kappa shape index (κ1) is 25.8. The molecule has 1 saturated heterocycles. The lowest BCUT2D eigenvalue weighted by Gasteiger charge is -2.25. The van der Waals surface area contributed by atoms with E-state index in [0.717, 1.165) is 10.3 Å². The number of hydrogen-bond acceptors (Lipinski definition) is 5. The standard InChI is InChI=1S/C22H26ClF2N3O3S2/c1-5-18(27(3)4)14-10-15(24)21(16(25)11-14)28-9-8-17(22(28)29)26-33(30,31)12-13(2)19-6-7-20(23)32-19/h6-7,10-12,17-18,26H,5,8-9H2,1-4H3/b13-12+. The van der Waals surface area contributed by atoms with Crippen LogP contribution in [0.3, 0.4) is 0 Å². The lowest BCUT2D eigenvalue weighted by atomic mass is 10.0. The Kier molecular flexibility index (Phi) is 7.95. The van der Waals surface area contributed by atoms with Crippen LogP contribution in [-0.2, 0) is 14.8 Å². The molecule has 0 bridgehead atoms. The zero-order chi connectivity index (χ0) is 24.5. The molecule has 6 nitrogen and oxygen atoms in total. The predicted octanol–water partition coefficient (Wildman–Crippen LogP) is 4.78.